The van der Waals surface area contributed by atoms with Crippen molar-refractivity contribution in [3.05, 3.63) is 0 Å². The second-order valence-corrected chi connectivity index (χ2v) is 3.44. The topological polar surface area (TPSA) is 42.5 Å². The van der Waals surface area contributed by atoms with E-state index in [1.165, 1.54) is 0 Å². The summed E-state index contributed by atoms with van der Waals surface area (Å²) in [5, 5.41) is 6.82. The van der Waals surface area contributed by atoms with E-state index in [1.807, 2.05) is 6.92 Å². The molecule has 84 valence electrons. The van der Waals surface area contributed by atoms with Crippen LogP contribution >= 0.6 is 12.2 Å². The molecule has 0 aromatic rings. The van der Waals surface area contributed by atoms with Crippen molar-refractivity contribution in [2.45, 2.75) is 19.4 Å². The number of nitrogens with one attached hydrogen (secondary N) is 2. The van der Waals surface area contributed by atoms with E-state index >= 15 is 0 Å². The molecule has 1 atom stereocenters. The van der Waals surface area contributed by atoms with Gasteiger partial charge in [-0.15, -0.1) is 0 Å². The smallest absolute Gasteiger partial charge is 0.166 e. The average molecular weight is 220 g/mol. The SMILES string of the molecule is COCCCNC(=S)NCC(C)OC. The Labute approximate surface area is 91.3 Å². The zero-order valence-corrected chi connectivity index (χ0v) is 9.95. The van der Waals surface area contributed by atoms with Crippen molar-refractivity contribution in [2.75, 3.05) is 33.9 Å². The molecule has 0 amide bonds. The van der Waals surface area contributed by atoms with Crippen LogP contribution in [0.5, 0.6) is 0 Å². The van der Waals surface area contributed by atoms with Crippen LogP contribution in [0.15, 0.2) is 0 Å². The quantitative estimate of drug-likeness (QED) is 0.484. The van der Waals surface area contributed by atoms with Crippen LogP contribution in [0.2, 0.25) is 0 Å². The Bertz CT molecular complexity index is 156. The van der Waals surface area contributed by atoms with E-state index in [1.54, 1.807) is 14.2 Å². The fraction of sp³-hybridized carbons (Fsp3) is 0.889. The molecule has 0 aliphatic rings. The Hall–Kier alpha value is -0.390. The molecule has 0 aliphatic carbocycles. The summed E-state index contributed by atoms with van der Waals surface area (Å²) in [6, 6.07) is 0. The summed E-state index contributed by atoms with van der Waals surface area (Å²) in [7, 11) is 3.37. The maximum atomic E-state index is 5.07. The molecule has 0 aromatic carbocycles. The van der Waals surface area contributed by atoms with Crippen LogP contribution in [0.1, 0.15) is 13.3 Å². The van der Waals surface area contributed by atoms with Crippen LogP contribution in [0.3, 0.4) is 0 Å². The van der Waals surface area contributed by atoms with Gasteiger partial charge in [0.25, 0.3) is 0 Å². The number of methoxy groups -OCH3 is 2. The summed E-state index contributed by atoms with van der Waals surface area (Å²) < 4.78 is 9.99. The summed E-state index contributed by atoms with van der Waals surface area (Å²) in [5.74, 6) is 0. The molecule has 0 saturated carbocycles. The normalized spacial score (nSPS) is 12.2. The molecule has 0 bridgehead atoms. The Balaban J connectivity index is 3.28. The van der Waals surface area contributed by atoms with E-state index in [0.29, 0.717) is 5.11 Å². The average Bonchev–Trinajstić information content (AvgIpc) is 2.21. The van der Waals surface area contributed by atoms with E-state index in [0.717, 1.165) is 26.1 Å². The molecule has 0 spiro atoms. The lowest BCUT2D eigenvalue weighted by molar-refractivity contribution is 0.121. The molecule has 0 heterocycles. The molecule has 0 saturated heterocycles. The first-order valence-electron chi connectivity index (χ1n) is 4.74. The van der Waals surface area contributed by atoms with Crippen molar-refractivity contribution in [1.82, 2.24) is 10.6 Å². The molecule has 4 nitrogen and oxygen atoms in total. The standard InChI is InChI=1S/C9H20N2O2S/c1-8(13-3)7-11-9(14)10-5-4-6-12-2/h8H,4-7H2,1-3H3,(H2,10,11,14). The van der Waals surface area contributed by atoms with Crippen LogP contribution in [-0.4, -0.2) is 45.1 Å². The molecular weight excluding hydrogens is 200 g/mol. The van der Waals surface area contributed by atoms with Gasteiger partial charge in [-0.05, 0) is 25.6 Å². The molecule has 5 heteroatoms. The fourth-order valence-corrected chi connectivity index (χ4v) is 0.986. The van der Waals surface area contributed by atoms with Crippen molar-refractivity contribution in [2.24, 2.45) is 0 Å². The Morgan fingerprint density at radius 3 is 2.64 bits per heavy atom. The van der Waals surface area contributed by atoms with Crippen molar-refractivity contribution >= 4 is 17.3 Å². The van der Waals surface area contributed by atoms with Crippen molar-refractivity contribution < 1.29 is 9.47 Å². The van der Waals surface area contributed by atoms with Crippen LogP contribution < -0.4 is 10.6 Å². The Kier molecular flexibility index (Phi) is 8.92. The number of rotatable bonds is 7. The summed E-state index contributed by atoms with van der Waals surface area (Å²) in [5.41, 5.74) is 0. The van der Waals surface area contributed by atoms with Crippen molar-refractivity contribution in [3.63, 3.8) is 0 Å². The number of ether oxygens (including phenoxy) is 2. The maximum absolute atomic E-state index is 5.07. The molecule has 0 fully saturated rings. The minimum Gasteiger partial charge on any atom is -0.385 e. The van der Waals surface area contributed by atoms with Crippen LogP contribution in [0.4, 0.5) is 0 Å². The predicted octanol–water partition coefficient (Wildman–Crippen LogP) is 0.522. The lowest BCUT2D eigenvalue weighted by Gasteiger charge is -2.13. The lowest BCUT2D eigenvalue weighted by Crippen LogP contribution is -2.39. The molecule has 2 N–H and O–H groups in total. The summed E-state index contributed by atoms with van der Waals surface area (Å²) in [6.45, 7) is 4.30. The van der Waals surface area contributed by atoms with Gasteiger partial charge < -0.3 is 20.1 Å². The van der Waals surface area contributed by atoms with Gasteiger partial charge in [-0.2, -0.15) is 0 Å². The second-order valence-electron chi connectivity index (χ2n) is 3.03. The lowest BCUT2D eigenvalue weighted by atomic mass is 10.4. The fourth-order valence-electron chi connectivity index (χ4n) is 0.801. The maximum Gasteiger partial charge on any atom is 0.166 e. The van der Waals surface area contributed by atoms with E-state index in [9.17, 15) is 0 Å². The summed E-state index contributed by atoms with van der Waals surface area (Å²) in [6.07, 6.45) is 1.13. The minimum atomic E-state index is 0.175. The predicted molar refractivity (Wildman–Crippen MR) is 61.6 cm³/mol. The number of hydrogen-bond donors (Lipinski definition) is 2. The minimum absolute atomic E-state index is 0.175. The van der Waals surface area contributed by atoms with Crippen molar-refractivity contribution in [1.29, 1.82) is 0 Å². The molecule has 0 radical (unpaired) electrons. The number of hydrogen-bond acceptors (Lipinski definition) is 3. The Morgan fingerprint density at radius 1 is 1.36 bits per heavy atom. The number of thiocarbonyl (C=S) groups is 1. The van der Waals surface area contributed by atoms with Gasteiger partial charge >= 0.3 is 0 Å². The Morgan fingerprint density at radius 2 is 2.07 bits per heavy atom. The van der Waals surface area contributed by atoms with E-state index < -0.39 is 0 Å². The summed E-state index contributed by atoms with van der Waals surface area (Å²) >= 11 is 5.05. The van der Waals surface area contributed by atoms with E-state index in [4.69, 9.17) is 21.7 Å². The van der Waals surface area contributed by atoms with E-state index in [2.05, 4.69) is 10.6 Å². The highest BCUT2D eigenvalue weighted by Gasteiger charge is 1.99. The van der Waals surface area contributed by atoms with E-state index in [-0.39, 0.29) is 6.10 Å². The second kappa shape index (κ2) is 9.18. The molecular formula is C9H20N2O2S. The van der Waals surface area contributed by atoms with Gasteiger partial charge in [0.05, 0.1) is 6.10 Å². The van der Waals surface area contributed by atoms with Gasteiger partial charge in [0.15, 0.2) is 5.11 Å². The van der Waals surface area contributed by atoms with Crippen LogP contribution in [0, 0.1) is 0 Å². The third-order valence-corrected chi connectivity index (χ3v) is 2.05. The molecule has 0 aliphatic heterocycles. The van der Waals surface area contributed by atoms with Gasteiger partial charge in [-0.3, -0.25) is 0 Å². The van der Waals surface area contributed by atoms with Gasteiger partial charge in [0, 0.05) is 33.9 Å². The first kappa shape index (κ1) is 13.6. The monoisotopic (exact) mass is 220 g/mol. The first-order chi connectivity index (χ1) is 6.70. The highest BCUT2D eigenvalue weighted by Crippen LogP contribution is 1.83. The zero-order valence-electron chi connectivity index (χ0n) is 9.13. The largest absolute Gasteiger partial charge is 0.385 e. The van der Waals surface area contributed by atoms with Crippen molar-refractivity contribution in [3.8, 4) is 0 Å². The highest BCUT2D eigenvalue weighted by atomic mass is 32.1. The molecule has 14 heavy (non-hydrogen) atoms. The first-order valence-corrected chi connectivity index (χ1v) is 5.15. The molecule has 1 unspecified atom stereocenters. The van der Waals surface area contributed by atoms with Gasteiger partial charge in [-0.25, -0.2) is 0 Å². The molecule has 0 aromatic heterocycles. The molecule has 0 rings (SSSR count). The van der Waals surface area contributed by atoms with Gasteiger partial charge in [0.2, 0.25) is 0 Å². The van der Waals surface area contributed by atoms with Gasteiger partial charge in [-0.1, -0.05) is 0 Å². The zero-order chi connectivity index (χ0) is 10.8. The highest BCUT2D eigenvalue weighted by molar-refractivity contribution is 7.80. The third-order valence-electron chi connectivity index (χ3n) is 1.76. The van der Waals surface area contributed by atoms with Crippen LogP contribution in [-0.2, 0) is 9.47 Å². The summed E-state index contributed by atoms with van der Waals surface area (Å²) in [4.78, 5) is 0. The van der Waals surface area contributed by atoms with Gasteiger partial charge in [0.1, 0.15) is 0 Å². The third kappa shape index (κ3) is 8.22. The van der Waals surface area contributed by atoms with Crippen LogP contribution in [0.25, 0.3) is 0 Å².